The van der Waals surface area contributed by atoms with Crippen LogP contribution in [0.1, 0.15) is 28.4 Å². The van der Waals surface area contributed by atoms with E-state index in [1.54, 1.807) is 30.3 Å². The first-order valence-electron chi connectivity index (χ1n) is 6.41. The highest BCUT2D eigenvalue weighted by Crippen LogP contribution is 2.44. The molecule has 2 aromatic carbocycles. The van der Waals surface area contributed by atoms with Crippen molar-refractivity contribution in [2.45, 2.75) is 19.7 Å². The molecule has 0 spiro atoms. The van der Waals surface area contributed by atoms with Crippen LogP contribution in [-0.2, 0) is 12.8 Å². The summed E-state index contributed by atoms with van der Waals surface area (Å²) >= 11 is 0. The second-order valence-electron chi connectivity index (χ2n) is 4.66. The Kier molecular flexibility index (Phi) is 4.40. The van der Waals surface area contributed by atoms with Gasteiger partial charge in [0.15, 0.2) is 5.78 Å². The summed E-state index contributed by atoms with van der Waals surface area (Å²) < 4.78 is 44.6. The Labute approximate surface area is 125 Å². The van der Waals surface area contributed by atoms with Crippen LogP contribution in [0.4, 0.5) is 13.2 Å². The number of carbonyl (C=O) groups excluding carboxylic acids is 1. The van der Waals surface area contributed by atoms with Crippen LogP contribution in [0.25, 0.3) is 0 Å². The van der Waals surface area contributed by atoms with Crippen LogP contribution in [0, 0.1) is 0 Å². The second kappa shape index (κ2) is 6.09. The van der Waals surface area contributed by atoms with Crippen molar-refractivity contribution in [3.63, 3.8) is 0 Å². The van der Waals surface area contributed by atoms with Gasteiger partial charge in [-0.2, -0.15) is 13.2 Å². The zero-order valence-electron chi connectivity index (χ0n) is 11.6. The number of ketones is 1. The molecule has 3 nitrogen and oxygen atoms in total. The van der Waals surface area contributed by atoms with E-state index < -0.39 is 29.0 Å². The minimum absolute atomic E-state index is 0.0806. The van der Waals surface area contributed by atoms with E-state index in [2.05, 4.69) is 0 Å². The smallest absolute Gasteiger partial charge is 0.423 e. The summed E-state index contributed by atoms with van der Waals surface area (Å²) in [5.74, 6) is -2.28. The molecule has 0 unspecified atom stereocenters. The molecule has 2 aromatic rings. The normalized spacial score (nSPS) is 11.3. The lowest BCUT2D eigenvalue weighted by molar-refractivity contribution is -0.140. The number of phenols is 1. The van der Waals surface area contributed by atoms with E-state index in [0.717, 1.165) is 19.1 Å². The molecule has 2 rings (SSSR count). The molecule has 1 N–H and O–H groups in total. The first kappa shape index (κ1) is 15.9. The number of Topliss-reactive ketones (excluding diaryl/α,β-unsaturated/α-hetero) is 1. The van der Waals surface area contributed by atoms with Crippen LogP contribution in [-0.4, -0.2) is 10.9 Å². The molecule has 0 bridgehead atoms. The van der Waals surface area contributed by atoms with Gasteiger partial charge in [-0.25, -0.2) is 0 Å². The highest BCUT2D eigenvalue weighted by molar-refractivity contribution is 5.97. The van der Waals surface area contributed by atoms with Crippen molar-refractivity contribution >= 4 is 5.78 Å². The lowest BCUT2D eigenvalue weighted by Gasteiger charge is -2.17. The Morgan fingerprint density at radius 2 is 1.77 bits per heavy atom. The summed E-state index contributed by atoms with van der Waals surface area (Å²) in [5, 5.41) is 9.75. The molecule has 0 saturated carbocycles. The zero-order valence-corrected chi connectivity index (χ0v) is 11.6. The number of rotatable bonds is 4. The Hall–Kier alpha value is -2.50. The van der Waals surface area contributed by atoms with Gasteiger partial charge in [-0.05, 0) is 24.6 Å². The average molecular weight is 310 g/mol. The monoisotopic (exact) mass is 310 g/mol. The molecule has 0 aliphatic carbocycles. The first-order chi connectivity index (χ1) is 10.3. The molecular formula is C16H13F3O3. The SMILES string of the molecule is CC(=O)c1ccc(OCc2ccccc2)c(C(F)(F)F)c1O. The van der Waals surface area contributed by atoms with Crippen molar-refractivity contribution in [1.82, 2.24) is 0 Å². The fourth-order valence-corrected chi connectivity index (χ4v) is 1.99. The maximum Gasteiger partial charge on any atom is 0.423 e. The van der Waals surface area contributed by atoms with E-state index in [9.17, 15) is 23.1 Å². The molecular weight excluding hydrogens is 297 g/mol. The summed E-state index contributed by atoms with van der Waals surface area (Å²) in [7, 11) is 0. The molecule has 6 heteroatoms. The van der Waals surface area contributed by atoms with Crippen molar-refractivity contribution in [1.29, 1.82) is 0 Å². The van der Waals surface area contributed by atoms with Gasteiger partial charge in [0.25, 0.3) is 0 Å². The summed E-state index contributed by atoms with van der Waals surface area (Å²) in [6.45, 7) is 1.00. The van der Waals surface area contributed by atoms with Gasteiger partial charge in [-0.1, -0.05) is 30.3 Å². The van der Waals surface area contributed by atoms with Crippen molar-refractivity contribution < 1.29 is 27.8 Å². The molecule has 0 heterocycles. The minimum atomic E-state index is -4.83. The summed E-state index contributed by atoms with van der Waals surface area (Å²) in [4.78, 5) is 11.3. The van der Waals surface area contributed by atoms with E-state index >= 15 is 0 Å². The van der Waals surface area contributed by atoms with E-state index in [4.69, 9.17) is 4.74 Å². The number of phenolic OH excluding ortho intramolecular Hbond substituents is 1. The predicted octanol–water partition coefficient (Wildman–Crippen LogP) is 4.19. The molecule has 0 saturated heterocycles. The third kappa shape index (κ3) is 3.39. The maximum absolute atomic E-state index is 13.1. The van der Waals surface area contributed by atoms with Gasteiger partial charge in [-0.3, -0.25) is 4.79 Å². The van der Waals surface area contributed by atoms with Crippen molar-refractivity contribution in [3.05, 3.63) is 59.2 Å². The lowest BCUT2D eigenvalue weighted by Crippen LogP contribution is -2.11. The van der Waals surface area contributed by atoms with E-state index in [1.807, 2.05) is 0 Å². The van der Waals surface area contributed by atoms with Gasteiger partial charge >= 0.3 is 6.18 Å². The molecule has 0 fully saturated rings. The standard InChI is InChI=1S/C16H13F3O3/c1-10(20)12-7-8-13(14(15(12)21)16(17,18)19)22-9-11-5-3-2-4-6-11/h2-8,21H,9H2,1H3. The minimum Gasteiger partial charge on any atom is -0.506 e. The van der Waals surface area contributed by atoms with Gasteiger partial charge < -0.3 is 9.84 Å². The molecule has 116 valence electrons. The van der Waals surface area contributed by atoms with E-state index in [-0.39, 0.29) is 12.2 Å². The number of hydrogen-bond donors (Lipinski definition) is 1. The summed E-state index contributed by atoms with van der Waals surface area (Å²) in [6.07, 6.45) is -4.83. The molecule has 0 atom stereocenters. The first-order valence-corrected chi connectivity index (χ1v) is 6.41. The predicted molar refractivity (Wildman–Crippen MR) is 73.9 cm³/mol. The van der Waals surface area contributed by atoms with Crippen LogP contribution < -0.4 is 4.74 Å². The quantitative estimate of drug-likeness (QED) is 0.861. The Morgan fingerprint density at radius 1 is 1.14 bits per heavy atom. The van der Waals surface area contributed by atoms with Crippen LogP contribution in [0.15, 0.2) is 42.5 Å². The van der Waals surface area contributed by atoms with Crippen LogP contribution in [0.3, 0.4) is 0 Å². The summed E-state index contributed by atoms with van der Waals surface area (Å²) in [5.41, 5.74) is -1.04. The fraction of sp³-hybridized carbons (Fsp3) is 0.188. The number of aromatic hydroxyl groups is 1. The molecule has 0 amide bonds. The summed E-state index contributed by atoms with van der Waals surface area (Å²) in [6, 6.07) is 10.8. The number of hydrogen-bond acceptors (Lipinski definition) is 3. The van der Waals surface area contributed by atoms with Crippen molar-refractivity contribution in [3.8, 4) is 11.5 Å². The van der Waals surface area contributed by atoms with E-state index in [0.29, 0.717) is 5.56 Å². The number of ether oxygens (including phenoxy) is 1. The molecule has 0 aliphatic rings. The molecule has 0 radical (unpaired) electrons. The van der Waals surface area contributed by atoms with Gasteiger partial charge in [0.05, 0.1) is 5.56 Å². The molecule has 0 aliphatic heterocycles. The van der Waals surface area contributed by atoms with Crippen LogP contribution >= 0.6 is 0 Å². The van der Waals surface area contributed by atoms with Gasteiger partial charge in [0, 0.05) is 0 Å². The largest absolute Gasteiger partial charge is 0.506 e. The fourth-order valence-electron chi connectivity index (χ4n) is 1.99. The third-order valence-electron chi connectivity index (χ3n) is 3.04. The number of halogens is 3. The highest BCUT2D eigenvalue weighted by atomic mass is 19.4. The average Bonchev–Trinajstić information content (AvgIpc) is 2.44. The zero-order chi connectivity index (χ0) is 16.3. The van der Waals surface area contributed by atoms with Gasteiger partial charge in [-0.15, -0.1) is 0 Å². The third-order valence-corrected chi connectivity index (χ3v) is 3.04. The maximum atomic E-state index is 13.1. The number of benzene rings is 2. The van der Waals surface area contributed by atoms with Crippen LogP contribution in [0.2, 0.25) is 0 Å². The van der Waals surface area contributed by atoms with Crippen molar-refractivity contribution in [2.24, 2.45) is 0 Å². The lowest BCUT2D eigenvalue weighted by atomic mass is 10.0. The van der Waals surface area contributed by atoms with Gasteiger partial charge in [0.1, 0.15) is 23.7 Å². The van der Waals surface area contributed by atoms with Crippen LogP contribution in [0.5, 0.6) is 11.5 Å². The van der Waals surface area contributed by atoms with E-state index in [1.165, 1.54) is 0 Å². The van der Waals surface area contributed by atoms with Crippen molar-refractivity contribution in [2.75, 3.05) is 0 Å². The second-order valence-corrected chi connectivity index (χ2v) is 4.66. The van der Waals surface area contributed by atoms with Gasteiger partial charge in [0.2, 0.25) is 0 Å². The highest BCUT2D eigenvalue weighted by Gasteiger charge is 2.39. The Morgan fingerprint density at radius 3 is 2.32 bits per heavy atom. The molecule has 0 aromatic heterocycles. The Bertz CT molecular complexity index is 679. The number of alkyl halides is 3. The Balaban J connectivity index is 2.39. The molecule has 22 heavy (non-hydrogen) atoms. The topological polar surface area (TPSA) is 46.5 Å². The number of carbonyl (C=O) groups is 1.